The summed E-state index contributed by atoms with van der Waals surface area (Å²) in [6.45, 7) is 2.11. The van der Waals surface area contributed by atoms with Crippen molar-refractivity contribution < 1.29 is 0 Å². The van der Waals surface area contributed by atoms with E-state index in [1.165, 1.54) is 15.6 Å². The third kappa shape index (κ3) is 2.95. The predicted molar refractivity (Wildman–Crippen MR) is 107 cm³/mol. The van der Waals surface area contributed by atoms with Gasteiger partial charge in [-0.1, -0.05) is 64.5 Å². The number of benzene rings is 3. The molecule has 24 heavy (non-hydrogen) atoms. The van der Waals surface area contributed by atoms with Crippen molar-refractivity contribution >= 4 is 48.9 Å². The maximum Gasteiger partial charge on any atom is 0.187 e. The van der Waals surface area contributed by atoms with E-state index >= 15 is 0 Å². The molecule has 0 aliphatic rings. The minimum atomic E-state index is 0.918. The first-order chi connectivity index (χ1) is 11.7. The topological polar surface area (TPSA) is 24.9 Å². The van der Waals surface area contributed by atoms with Gasteiger partial charge in [-0.2, -0.15) is 0 Å². The molecule has 3 aromatic carbocycles. The maximum atomic E-state index is 4.80. The Kier molecular flexibility index (Phi) is 4.08. The van der Waals surface area contributed by atoms with Crippen LogP contribution in [0.25, 0.3) is 22.0 Å². The molecule has 0 unspecified atom stereocenters. The second kappa shape index (κ2) is 6.38. The Morgan fingerprint density at radius 1 is 0.917 bits per heavy atom. The average molecular weight is 395 g/mol. The van der Waals surface area contributed by atoms with Crippen LogP contribution in [0.15, 0.2) is 71.2 Å². The standard InChI is InChI=1S/C20H15BrN2S/c1-13-19(15-9-11-16(21)12-10-15)23-20(24-13)22-18-8-4-6-14-5-2-3-7-17(14)18/h2-12H,1H3,(H,22,23). The van der Waals surface area contributed by atoms with Crippen LogP contribution >= 0.6 is 27.3 Å². The first-order valence-corrected chi connectivity index (χ1v) is 9.30. The molecule has 0 amide bonds. The first-order valence-electron chi connectivity index (χ1n) is 7.69. The Hall–Kier alpha value is -2.17. The number of hydrogen-bond acceptors (Lipinski definition) is 3. The molecule has 0 aliphatic carbocycles. The number of aromatic nitrogens is 1. The Labute approximate surface area is 153 Å². The summed E-state index contributed by atoms with van der Waals surface area (Å²) in [5, 5.41) is 6.84. The first kappa shape index (κ1) is 15.4. The number of thiazole rings is 1. The van der Waals surface area contributed by atoms with Gasteiger partial charge in [0.1, 0.15) is 0 Å². The van der Waals surface area contributed by atoms with E-state index in [0.29, 0.717) is 0 Å². The average Bonchev–Trinajstić information content (AvgIpc) is 2.96. The highest BCUT2D eigenvalue weighted by Crippen LogP contribution is 2.34. The lowest BCUT2D eigenvalue weighted by molar-refractivity contribution is 1.36. The quantitative estimate of drug-likeness (QED) is 0.414. The number of anilines is 2. The molecular formula is C20H15BrN2S. The van der Waals surface area contributed by atoms with Gasteiger partial charge in [-0.3, -0.25) is 0 Å². The molecule has 2 nitrogen and oxygen atoms in total. The van der Waals surface area contributed by atoms with E-state index in [-0.39, 0.29) is 0 Å². The molecule has 0 saturated carbocycles. The van der Waals surface area contributed by atoms with Crippen molar-refractivity contribution in [2.24, 2.45) is 0 Å². The van der Waals surface area contributed by atoms with Crippen LogP contribution in [0.2, 0.25) is 0 Å². The Bertz CT molecular complexity index is 1000. The van der Waals surface area contributed by atoms with Gasteiger partial charge in [0.25, 0.3) is 0 Å². The zero-order valence-electron chi connectivity index (χ0n) is 13.1. The highest BCUT2D eigenvalue weighted by Gasteiger charge is 2.11. The molecular weight excluding hydrogens is 380 g/mol. The number of nitrogens with one attached hydrogen (secondary N) is 1. The van der Waals surface area contributed by atoms with Gasteiger partial charge in [0.15, 0.2) is 5.13 Å². The zero-order chi connectivity index (χ0) is 16.5. The van der Waals surface area contributed by atoms with Crippen LogP contribution < -0.4 is 5.32 Å². The summed E-state index contributed by atoms with van der Waals surface area (Å²) < 4.78 is 1.08. The number of aryl methyl sites for hydroxylation is 1. The summed E-state index contributed by atoms with van der Waals surface area (Å²) >= 11 is 5.16. The van der Waals surface area contributed by atoms with Crippen LogP contribution in [0.1, 0.15) is 4.88 Å². The number of rotatable bonds is 3. The van der Waals surface area contributed by atoms with Crippen molar-refractivity contribution in [2.75, 3.05) is 5.32 Å². The summed E-state index contributed by atoms with van der Waals surface area (Å²) in [5.41, 5.74) is 3.26. The molecule has 1 aromatic heterocycles. The number of halogens is 1. The van der Waals surface area contributed by atoms with Gasteiger partial charge in [-0.05, 0) is 30.5 Å². The highest BCUT2D eigenvalue weighted by atomic mass is 79.9. The van der Waals surface area contributed by atoms with Gasteiger partial charge in [0.2, 0.25) is 0 Å². The molecule has 0 saturated heterocycles. The van der Waals surface area contributed by atoms with Gasteiger partial charge >= 0.3 is 0 Å². The van der Waals surface area contributed by atoms with Crippen LogP contribution in [-0.2, 0) is 0 Å². The Balaban J connectivity index is 1.70. The lowest BCUT2D eigenvalue weighted by Crippen LogP contribution is -1.91. The molecule has 1 heterocycles. The minimum absolute atomic E-state index is 0.918. The number of fused-ring (bicyclic) bond motifs is 1. The minimum Gasteiger partial charge on any atom is -0.331 e. The Morgan fingerprint density at radius 3 is 2.50 bits per heavy atom. The van der Waals surface area contributed by atoms with Crippen molar-refractivity contribution in [3.63, 3.8) is 0 Å². The smallest absolute Gasteiger partial charge is 0.187 e. The van der Waals surface area contributed by atoms with E-state index in [2.05, 4.69) is 82.8 Å². The predicted octanol–water partition coefficient (Wildman–Crippen LogP) is 6.78. The van der Waals surface area contributed by atoms with Crippen LogP contribution in [0.5, 0.6) is 0 Å². The summed E-state index contributed by atoms with van der Waals surface area (Å²) in [6, 6.07) is 23.0. The SMILES string of the molecule is Cc1sc(Nc2cccc3ccccc23)nc1-c1ccc(Br)cc1. The van der Waals surface area contributed by atoms with Crippen molar-refractivity contribution in [3.05, 3.63) is 76.1 Å². The van der Waals surface area contributed by atoms with Crippen LogP contribution in [0.4, 0.5) is 10.8 Å². The van der Waals surface area contributed by atoms with Crippen molar-refractivity contribution in [2.45, 2.75) is 6.92 Å². The van der Waals surface area contributed by atoms with Crippen molar-refractivity contribution in [1.82, 2.24) is 4.98 Å². The third-order valence-electron chi connectivity index (χ3n) is 3.95. The van der Waals surface area contributed by atoms with Crippen LogP contribution in [0, 0.1) is 6.92 Å². The van der Waals surface area contributed by atoms with Gasteiger partial charge < -0.3 is 5.32 Å². The maximum absolute atomic E-state index is 4.80. The largest absolute Gasteiger partial charge is 0.331 e. The molecule has 4 rings (SSSR count). The third-order valence-corrected chi connectivity index (χ3v) is 5.36. The fraction of sp³-hybridized carbons (Fsp3) is 0.0500. The molecule has 4 aromatic rings. The molecule has 0 atom stereocenters. The monoisotopic (exact) mass is 394 g/mol. The summed E-state index contributed by atoms with van der Waals surface area (Å²) in [6.07, 6.45) is 0. The normalized spacial score (nSPS) is 10.9. The fourth-order valence-electron chi connectivity index (χ4n) is 2.78. The molecule has 118 valence electrons. The van der Waals surface area contributed by atoms with Crippen molar-refractivity contribution in [1.29, 1.82) is 0 Å². The lowest BCUT2D eigenvalue weighted by Gasteiger charge is -2.06. The second-order valence-corrected chi connectivity index (χ2v) is 7.70. The van der Waals surface area contributed by atoms with E-state index < -0.39 is 0 Å². The van der Waals surface area contributed by atoms with Crippen LogP contribution in [0.3, 0.4) is 0 Å². The Morgan fingerprint density at radius 2 is 1.67 bits per heavy atom. The molecule has 4 heteroatoms. The lowest BCUT2D eigenvalue weighted by atomic mass is 10.1. The number of nitrogens with zero attached hydrogens (tertiary/aromatic N) is 1. The number of hydrogen-bond donors (Lipinski definition) is 1. The van der Waals surface area contributed by atoms with E-state index in [1.807, 2.05) is 12.1 Å². The molecule has 0 aliphatic heterocycles. The fourth-order valence-corrected chi connectivity index (χ4v) is 3.89. The van der Waals surface area contributed by atoms with Gasteiger partial charge in [-0.25, -0.2) is 4.98 Å². The summed E-state index contributed by atoms with van der Waals surface area (Å²) in [5.74, 6) is 0. The highest BCUT2D eigenvalue weighted by molar-refractivity contribution is 9.10. The van der Waals surface area contributed by atoms with Gasteiger partial charge in [0, 0.05) is 26.0 Å². The van der Waals surface area contributed by atoms with E-state index in [1.54, 1.807) is 11.3 Å². The van der Waals surface area contributed by atoms with Gasteiger partial charge in [0.05, 0.1) is 5.69 Å². The second-order valence-electron chi connectivity index (χ2n) is 5.58. The van der Waals surface area contributed by atoms with Crippen LogP contribution in [-0.4, -0.2) is 4.98 Å². The van der Waals surface area contributed by atoms with E-state index in [9.17, 15) is 0 Å². The van der Waals surface area contributed by atoms with E-state index in [4.69, 9.17) is 4.98 Å². The molecule has 0 bridgehead atoms. The van der Waals surface area contributed by atoms with E-state index in [0.717, 1.165) is 26.5 Å². The molecule has 0 radical (unpaired) electrons. The molecule has 1 N–H and O–H groups in total. The summed E-state index contributed by atoms with van der Waals surface area (Å²) in [4.78, 5) is 6.01. The summed E-state index contributed by atoms with van der Waals surface area (Å²) in [7, 11) is 0. The zero-order valence-corrected chi connectivity index (χ0v) is 15.5. The van der Waals surface area contributed by atoms with Crippen molar-refractivity contribution in [3.8, 4) is 11.3 Å². The van der Waals surface area contributed by atoms with Gasteiger partial charge in [-0.15, -0.1) is 11.3 Å². The molecule has 0 spiro atoms. The molecule has 0 fully saturated rings.